The van der Waals surface area contributed by atoms with Crippen LogP contribution in [0.1, 0.15) is 42.1 Å². The molecule has 0 spiro atoms. The summed E-state index contributed by atoms with van der Waals surface area (Å²) in [5.74, 6) is -3.89. The number of hydrogen-bond acceptors (Lipinski definition) is 7. The Morgan fingerprint density at radius 1 is 1.00 bits per heavy atom. The van der Waals surface area contributed by atoms with Gasteiger partial charge in [0.05, 0.1) is 28.2 Å². The van der Waals surface area contributed by atoms with Crippen molar-refractivity contribution in [3.05, 3.63) is 105 Å². The molecule has 0 aliphatic heterocycles. The number of rotatable bonds is 12. The Morgan fingerprint density at radius 3 is 2.37 bits per heavy atom. The molecule has 222 valence electrons. The number of aliphatic carboxylic acids is 1. The van der Waals surface area contributed by atoms with Crippen LogP contribution < -0.4 is 16.2 Å². The van der Waals surface area contributed by atoms with Crippen molar-refractivity contribution in [2.24, 2.45) is 0 Å². The second kappa shape index (κ2) is 14.0. The molecule has 0 bridgehead atoms. The number of carboxylic acid groups (broad SMARTS) is 1. The molecule has 3 N–H and O–H groups in total. The summed E-state index contributed by atoms with van der Waals surface area (Å²) in [5, 5.41) is 14.8. The molecule has 2 heterocycles. The van der Waals surface area contributed by atoms with Gasteiger partial charge in [-0.3, -0.25) is 24.0 Å². The molecule has 4 rings (SSSR count). The summed E-state index contributed by atoms with van der Waals surface area (Å²) >= 11 is 12.4. The number of pyridine rings is 1. The van der Waals surface area contributed by atoms with Crippen molar-refractivity contribution in [2.75, 3.05) is 5.32 Å². The minimum Gasteiger partial charge on any atom is -0.481 e. The van der Waals surface area contributed by atoms with E-state index >= 15 is 0 Å². The number of nitrogens with zero attached hydrogens (tertiary/aromatic N) is 2. The predicted molar refractivity (Wildman–Crippen MR) is 159 cm³/mol. The molecule has 0 unspecified atom stereocenters. The first-order valence-corrected chi connectivity index (χ1v) is 13.8. The zero-order chi connectivity index (χ0) is 31.1. The lowest BCUT2D eigenvalue weighted by molar-refractivity contribution is -0.137. The van der Waals surface area contributed by atoms with Crippen LogP contribution in [0.4, 0.5) is 5.69 Å². The van der Waals surface area contributed by atoms with Crippen molar-refractivity contribution in [2.45, 2.75) is 38.3 Å². The molecule has 0 fully saturated rings. The fourth-order valence-corrected chi connectivity index (χ4v) is 4.80. The normalized spacial score (nSPS) is 12.3. The van der Waals surface area contributed by atoms with Crippen LogP contribution in [-0.2, 0) is 20.8 Å². The summed E-state index contributed by atoms with van der Waals surface area (Å²) in [5.41, 5.74) is 0.556. The highest BCUT2D eigenvalue weighted by atomic mass is 35.5. The summed E-state index contributed by atoms with van der Waals surface area (Å²) < 4.78 is 6.60. The van der Waals surface area contributed by atoms with E-state index in [1.807, 2.05) is 30.3 Å². The molecule has 0 saturated carbocycles. The maximum atomic E-state index is 13.2. The Hall–Kier alpha value is -4.74. The number of oxazole rings is 1. The molecule has 0 saturated heterocycles. The quantitative estimate of drug-likeness (QED) is 0.190. The summed E-state index contributed by atoms with van der Waals surface area (Å²) in [6.07, 6.45) is 2.38. The highest BCUT2D eigenvalue weighted by Gasteiger charge is 2.31. The zero-order valence-corrected chi connectivity index (χ0v) is 24.3. The molecule has 0 aliphatic rings. The average molecular weight is 625 g/mol. The topological polar surface area (TPSA) is 161 Å². The van der Waals surface area contributed by atoms with Gasteiger partial charge in [0, 0.05) is 12.6 Å². The van der Waals surface area contributed by atoms with E-state index in [2.05, 4.69) is 15.6 Å². The van der Waals surface area contributed by atoms with E-state index in [1.54, 1.807) is 18.2 Å². The molecule has 2 amide bonds. The van der Waals surface area contributed by atoms with Gasteiger partial charge in [0.15, 0.2) is 5.76 Å². The van der Waals surface area contributed by atoms with Crippen LogP contribution in [0.25, 0.3) is 11.3 Å². The van der Waals surface area contributed by atoms with Gasteiger partial charge in [-0.2, -0.15) is 0 Å². The number of carbonyl (C=O) groups excluding carboxylic acids is 3. The molecule has 43 heavy (non-hydrogen) atoms. The Balaban J connectivity index is 1.47. The summed E-state index contributed by atoms with van der Waals surface area (Å²) in [7, 11) is 0. The number of anilines is 1. The Kier molecular flexibility index (Phi) is 10.1. The zero-order valence-electron chi connectivity index (χ0n) is 22.8. The second-order valence-corrected chi connectivity index (χ2v) is 10.3. The smallest absolute Gasteiger partial charge is 0.305 e. The van der Waals surface area contributed by atoms with E-state index in [9.17, 15) is 29.1 Å². The molecule has 0 aliphatic carbocycles. The molecule has 0 radical (unpaired) electrons. The maximum Gasteiger partial charge on any atom is 0.305 e. The highest BCUT2D eigenvalue weighted by molar-refractivity contribution is 6.39. The number of nitrogens with one attached hydrogen (secondary N) is 2. The van der Waals surface area contributed by atoms with E-state index in [-0.39, 0.29) is 39.4 Å². The number of carbonyl (C=O) groups is 4. The van der Waals surface area contributed by atoms with E-state index < -0.39 is 47.6 Å². The lowest BCUT2D eigenvalue weighted by Gasteiger charge is -2.20. The number of amides is 2. The van der Waals surface area contributed by atoms with Crippen LogP contribution >= 0.6 is 23.2 Å². The number of halogens is 2. The monoisotopic (exact) mass is 624 g/mol. The first-order valence-electron chi connectivity index (χ1n) is 13.1. The van der Waals surface area contributed by atoms with Crippen LogP contribution in [0.2, 0.25) is 10.0 Å². The standard InChI is InChI=1S/C30H26Cl2N4O7/c1-17(36-14-6-11-21(30(36)42)34-24(37)13-12-18-7-3-2-4-8-18)28(41)35-22(15-25(38)39)27(40)29-33-16-23(43-29)26-19(31)9-5-10-20(26)32/h2-11,14,16-17,22H,12-13,15H2,1H3,(H,34,37)(H,35,41)(H,38,39)/t17-,22-/m0/s1. The molecule has 4 aromatic rings. The van der Waals surface area contributed by atoms with E-state index in [0.29, 0.717) is 6.42 Å². The Bertz CT molecular complexity index is 1700. The third-order valence-corrected chi connectivity index (χ3v) is 7.10. The maximum absolute atomic E-state index is 13.2. The van der Waals surface area contributed by atoms with Crippen LogP contribution in [0, 0.1) is 0 Å². The fraction of sp³-hybridized carbons (Fsp3) is 0.200. The Morgan fingerprint density at radius 2 is 1.70 bits per heavy atom. The van der Waals surface area contributed by atoms with Crippen molar-refractivity contribution >= 4 is 52.5 Å². The first kappa shape index (κ1) is 31.2. The molecule has 13 heteroatoms. The van der Waals surface area contributed by atoms with Crippen LogP contribution in [0.15, 0.2) is 82.3 Å². The number of hydrogen-bond donors (Lipinski definition) is 3. The summed E-state index contributed by atoms with van der Waals surface area (Å²) in [4.78, 5) is 67.4. The van der Waals surface area contributed by atoms with Gasteiger partial charge in [-0.15, -0.1) is 0 Å². The third kappa shape index (κ3) is 7.76. The van der Waals surface area contributed by atoms with E-state index in [1.165, 1.54) is 31.5 Å². The molecule has 11 nitrogen and oxygen atoms in total. The van der Waals surface area contributed by atoms with E-state index in [4.69, 9.17) is 27.6 Å². The van der Waals surface area contributed by atoms with E-state index in [0.717, 1.165) is 10.1 Å². The lowest BCUT2D eigenvalue weighted by Crippen LogP contribution is -2.46. The van der Waals surface area contributed by atoms with Crippen molar-refractivity contribution < 1.29 is 28.7 Å². The molecular weight excluding hydrogens is 599 g/mol. The van der Waals surface area contributed by atoms with Crippen LogP contribution in [0.5, 0.6) is 0 Å². The summed E-state index contributed by atoms with van der Waals surface area (Å²) in [6.45, 7) is 1.39. The van der Waals surface area contributed by atoms with Gasteiger partial charge in [-0.1, -0.05) is 59.6 Å². The first-order chi connectivity index (χ1) is 20.5. The minimum atomic E-state index is -1.57. The summed E-state index contributed by atoms with van der Waals surface area (Å²) in [6, 6.07) is 14.3. The molecular formula is C30H26Cl2N4O7. The van der Waals surface area contributed by atoms with Crippen LogP contribution in [0.3, 0.4) is 0 Å². The number of aromatic nitrogens is 2. The van der Waals surface area contributed by atoms with Gasteiger partial charge in [0.2, 0.25) is 17.6 Å². The number of Topliss-reactive ketones (excluding diaryl/α,β-unsaturated/α-hetero) is 1. The molecule has 2 atom stereocenters. The van der Waals surface area contributed by atoms with Crippen molar-refractivity contribution in [3.8, 4) is 11.3 Å². The third-order valence-electron chi connectivity index (χ3n) is 6.47. The number of ketones is 1. The Labute approximate surface area is 255 Å². The van der Waals surface area contributed by atoms with Gasteiger partial charge in [-0.25, -0.2) is 4.98 Å². The number of benzene rings is 2. The van der Waals surface area contributed by atoms with Gasteiger partial charge in [0.25, 0.3) is 11.4 Å². The van der Waals surface area contributed by atoms with Crippen LogP contribution in [-0.4, -0.2) is 44.3 Å². The van der Waals surface area contributed by atoms with Gasteiger partial charge in [0.1, 0.15) is 17.8 Å². The predicted octanol–water partition coefficient (Wildman–Crippen LogP) is 4.78. The second-order valence-electron chi connectivity index (χ2n) is 9.49. The molecule has 2 aromatic carbocycles. The molecule has 2 aromatic heterocycles. The lowest BCUT2D eigenvalue weighted by atomic mass is 10.1. The average Bonchev–Trinajstić information content (AvgIpc) is 3.46. The van der Waals surface area contributed by atoms with Crippen molar-refractivity contribution in [1.29, 1.82) is 0 Å². The van der Waals surface area contributed by atoms with Crippen molar-refractivity contribution in [1.82, 2.24) is 14.9 Å². The highest BCUT2D eigenvalue weighted by Crippen LogP contribution is 2.35. The van der Waals surface area contributed by atoms with Gasteiger partial charge < -0.3 is 24.7 Å². The van der Waals surface area contributed by atoms with Crippen molar-refractivity contribution in [3.63, 3.8) is 0 Å². The SMILES string of the molecule is C[C@@H](C(=O)N[C@@H](CC(=O)O)C(=O)c1ncc(-c2c(Cl)cccc2Cl)o1)n1cccc(NC(=O)CCc2ccccc2)c1=O. The largest absolute Gasteiger partial charge is 0.481 e. The minimum absolute atomic E-state index is 0.0380. The fourth-order valence-electron chi connectivity index (χ4n) is 4.21. The number of aryl methyl sites for hydroxylation is 1. The van der Waals surface area contributed by atoms with Gasteiger partial charge >= 0.3 is 5.97 Å². The van der Waals surface area contributed by atoms with Gasteiger partial charge in [-0.05, 0) is 43.2 Å². The number of carboxylic acids is 1.